The number of halogens is 1. The van der Waals surface area contributed by atoms with Gasteiger partial charge in [0.05, 0.1) is 11.0 Å². The minimum Gasteiger partial charge on any atom is -0.388 e. The minimum absolute atomic E-state index is 0.0149. The van der Waals surface area contributed by atoms with Crippen molar-refractivity contribution in [1.82, 2.24) is 9.55 Å². The van der Waals surface area contributed by atoms with Crippen molar-refractivity contribution in [1.29, 1.82) is 0 Å². The molecular weight excluding hydrogens is 268 g/mol. The molecule has 16 heavy (non-hydrogen) atoms. The van der Waals surface area contributed by atoms with E-state index >= 15 is 0 Å². The topological polar surface area (TPSA) is 38.0 Å². The predicted molar refractivity (Wildman–Crippen MR) is 68.2 cm³/mol. The third kappa shape index (κ3) is 2.13. The zero-order valence-electron chi connectivity index (χ0n) is 9.44. The summed E-state index contributed by atoms with van der Waals surface area (Å²) >= 11 is 3.46. The summed E-state index contributed by atoms with van der Waals surface area (Å²) in [5.74, 6) is 1.27. The van der Waals surface area contributed by atoms with Crippen LogP contribution in [0.3, 0.4) is 0 Å². The van der Waals surface area contributed by atoms with Gasteiger partial charge in [0.25, 0.3) is 0 Å². The summed E-state index contributed by atoms with van der Waals surface area (Å²) in [5, 5.41) is 9.31. The van der Waals surface area contributed by atoms with E-state index in [2.05, 4.69) is 39.3 Å². The Bertz CT molecular complexity index is 505. The van der Waals surface area contributed by atoms with Gasteiger partial charge in [0.2, 0.25) is 0 Å². The maximum absolute atomic E-state index is 9.31. The smallest absolute Gasteiger partial charge is 0.135 e. The van der Waals surface area contributed by atoms with Gasteiger partial charge in [-0.05, 0) is 24.1 Å². The Morgan fingerprint density at radius 2 is 2.19 bits per heavy atom. The van der Waals surface area contributed by atoms with Crippen molar-refractivity contribution in [3.8, 4) is 0 Å². The second-order valence-corrected chi connectivity index (χ2v) is 5.24. The van der Waals surface area contributed by atoms with E-state index in [4.69, 9.17) is 0 Å². The molecule has 0 saturated carbocycles. The van der Waals surface area contributed by atoms with E-state index in [0.29, 0.717) is 5.92 Å². The average Bonchev–Trinajstić information content (AvgIpc) is 2.56. The number of aliphatic hydroxyl groups is 1. The number of benzene rings is 1. The predicted octanol–water partition coefficient (Wildman–Crippen LogP) is 2.95. The van der Waals surface area contributed by atoms with Crippen LogP contribution < -0.4 is 0 Å². The van der Waals surface area contributed by atoms with Crippen LogP contribution in [0.2, 0.25) is 0 Å². The first-order valence-electron chi connectivity index (χ1n) is 5.37. The van der Waals surface area contributed by atoms with Crippen molar-refractivity contribution < 1.29 is 5.11 Å². The molecular formula is C12H15BrN2O. The Kier molecular flexibility index (Phi) is 3.30. The first-order chi connectivity index (χ1) is 7.61. The van der Waals surface area contributed by atoms with E-state index in [9.17, 15) is 5.11 Å². The van der Waals surface area contributed by atoms with E-state index in [1.165, 1.54) is 0 Å². The molecule has 86 valence electrons. The van der Waals surface area contributed by atoms with E-state index < -0.39 is 0 Å². The Morgan fingerprint density at radius 1 is 1.44 bits per heavy atom. The fraction of sp³-hybridized carbons (Fsp3) is 0.417. The monoisotopic (exact) mass is 282 g/mol. The van der Waals surface area contributed by atoms with Crippen molar-refractivity contribution in [3.63, 3.8) is 0 Å². The fourth-order valence-corrected chi connectivity index (χ4v) is 2.18. The Morgan fingerprint density at radius 3 is 2.81 bits per heavy atom. The van der Waals surface area contributed by atoms with Gasteiger partial charge < -0.3 is 9.67 Å². The molecule has 1 aromatic carbocycles. The highest BCUT2D eigenvalue weighted by Crippen LogP contribution is 2.22. The lowest BCUT2D eigenvalue weighted by atomic mass is 10.2. The van der Waals surface area contributed by atoms with Gasteiger partial charge >= 0.3 is 0 Å². The molecule has 0 amide bonds. The molecule has 1 N–H and O–H groups in total. The SMILES string of the molecule is CC(C)Cn1c(CO)nc2ccc(Br)cc21. The highest BCUT2D eigenvalue weighted by atomic mass is 79.9. The number of hydrogen-bond donors (Lipinski definition) is 1. The van der Waals surface area contributed by atoms with Crippen LogP contribution in [-0.4, -0.2) is 14.7 Å². The van der Waals surface area contributed by atoms with Crippen LogP contribution in [0.5, 0.6) is 0 Å². The van der Waals surface area contributed by atoms with Gasteiger partial charge in [0.15, 0.2) is 0 Å². The van der Waals surface area contributed by atoms with Crippen LogP contribution in [-0.2, 0) is 13.2 Å². The summed E-state index contributed by atoms with van der Waals surface area (Å²) in [4.78, 5) is 4.42. The molecule has 0 aliphatic rings. The summed E-state index contributed by atoms with van der Waals surface area (Å²) in [7, 11) is 0. The van der Waals surface area contributed by atoms with Crippen molar-refractivity contribution >= 4 is 27.0 Å². The maximum atomic E-state index is 9.31. The van der Waals surface area contributed by atoms with Crippen LogP contribution in [0.25, 0.3) is 11.0 Å². The summed E-state index contributed by atoms with van der Waals surface area (Å²) in [6.07, 6.45) is 0. The van der Waals surface area contributed by atoms with Gasteiger partial charge in [0, 0.05) is 11.0 Å². The van der Waals surface area contributed by atoms with Crippen LogP contribution >= 0.6 is 15.9 Å². The van der Waals surface area contributed by atoms with Crippen molar-refractivity contribution in [2.24, 2.45) is 5.92 Å². The number of rotatable bonds is 3. The van der Waals surface area contributed by atoms with Gasteiger partial charge in [0.1, 0.15) is 12.4 Å². The number of hydrogen-bond acceptors (Lipinski definition) is 2. The first kappa shape index (κ1) is 11.6. The number of aliphatic hydroxyl groups excluding tert-OH is 1. The standard InChI is InChI=1S/C12H15BrN2O/c1-8(2)6-15-11-5-9(13)3-4-10(11)14-12(15)7-16/h3-5,8,16H,6-7H2,1-2H3. The third-order valence-corrected chi connectivity index (χ3v) is 2.97. The molecule has 2 rings (SSSR count). The molecule has 4 heteroatoms. The summed E-state index contributed by atoms with van der Waals surface area (Å²) in [6.45, 7) is 5.18. The van der Waals surface area contributed by atoms with Gasteiger partial charge in [-0.25, -0.2) is 4.98 Å². The third-order valence-electron chi connectivity index (χ3n) is 2.48. The lowest BCUT2D eigenvalue weighted by Crippen LogP contribution is -2.08. The molecule has 0 radical (unpaired) electrons. The minimum atomic E-state index is -0.0149. The second kappa shape index (κ2) is 4.55. The van der Waals surface area contributed by atoms with E-state index in [0.717, 1.165) is 27.9 Å². The quantitative estimate of drug-likeness (QED) is 0.940. The zero-order chi connectivity index (χ0) is 11.7. The molecule has 1 aromatic heterocycles. The van der Waals surface area contributed by atoms with Crippen LogP contribution in [0, 0.1) is 5.92 Å². The van der Waals surface area contributed by atoms with Crippen molar-refractivity contribution in [3.05, 3.63) is 28.5 Å². The largest absolute Gasteiger partial charge is 0.388 e. The molecule has 0 atom stereocenters. The molecule has 3 nitrogen and oxygen atoms in total. The van der Waals surface area contributed by atoms with Gasteiger partial charge in [-0.2, -0.15) is 0 Å². The van der Waals surface area contributed by atoms with Crippen LogP contribution in [0.1, 0.15) is 19.7 Å². The fourth-order valence-electron chi connectivity index (χ4n) is 1.84. The van der Waals surface area contributed by atoms with Crippen molar-refractivity contribution in [2.45, 2.75) is 27.0 Å². The second-order valence-electron chi connectivity index (χ2n) is 4.32. The summed E-state index contributed by atoms with van der Waals surface area (Å²) in [6, 6.07) is 5.98. The first-order valence-corrected chi connectivity index (χ1v) is 6.16. The van der Waals surface area contributed by atoms with Crippen LogP contribution in [0.15, 0.2) is 22.7 Å². The Labute approximate surface area is 103 Å². The molecule has 0 aliphatic carbocycles. The molecule has 0 fully saturated rings. The van der Waals surface area contributed by atoms with Gasteiger partial charge in [-0.1, -0.05) is 29.8 Å². The highest BCUT2D eigenvalue weighted by molar-refractivity contribution is 9.10. The molecule has 0 bridgehead atoms. The maximum Gasteiger partial charge on any atom is 0.135 e. The molecule has 0 saturated heterocycles. The summed E-state index contributed by atoms with van der Waals surface area (Å²) < 4.78 is 3.12. The molecule has 0 spiro atoms. The Balaban J connectivity index is 2.60. The van der Waals surface area contributed by atoms with Crippen molar-refractivity contribution in [2.75, 3.05) is 0 Å². The number of aromatic nitrogens is 2. The van der Waals surface area contributed by atoms with E-state index in [1.807, 2.05) is 18.2 Å². The lowest BCUT2D eigenvalue weighted by Gasteiger charge is -2.10. The molecule has 0 aliphatic heterocycles. The molecule has 1 heterocycles. The Hall–Kier alpha value is -0.870. The van der Waals surface area contributed by atoms with Crippen LogP contribution in [0.4, 0.5) is 0 Å². The number of nitrogens with zero attached hydrogens (tertiary/aromatic N) is 2. The van der Waals surface area contributed by atoms with E-state index in [-0.39, 0.29) is 6.61 Å². The number of fused-ring (bicyclic) bond motifs is 1. The van der Waals surface area contributed by atoms with Gasteiger partial charge in [-0.3, -0.25) is 0 Å². The number of imidazole rings is 1. The van der Waals surface area contributed by atoms with Gasteiger partial charge in [-0.15, -0.1) is 0 Å². The average molecular weight is 283 g/mol. The summed E-state index contributed by atoms with van der Waals surface area (Å²) in [5.41, 5.74) is 2.01. The highest BCUT2D eigenvalue weighted by Gasteiger charge is 2.11. The normalized spacial score (nSPS) is 11.6. The van der Waals surface area contributed by atoms with E-state index in [1.54, 1.807) is 0 Å². The zero-order valence-corrected chi connectivity index (χ0v) is 11.0. The lowest BCUT2D eigenvalue weighted by molar-refractivity contribution is 0.263. The molecule has 0 unspecified atom stereocenters. The molecule has 2 aromatic rings.